The van der Waals surface area contributed by atoms with E-state index in [0.29, 0.717) is 17.3 Å². The van der Waals surface area contributed by atoms with Crippen LogP contribution in [-0.2, 0) is 5.41 Å². The summed E-state index contributed by atoms with van der Waals surface area (Å²) in [7, 11) is 0. The zero-order chi connectivity index (χ0) is 14.0. The summed E-state index contributed by atoms with van der Waals surface area (Å²) < 4.78 is 0. The number of anilines is 2. The molecule has 1 amide bonds. The molecule has 2 heterocycles. The van der Waals surface area contributed by atoms with E-state index < -0.39 is 0 Å². The lowest BCUT2D eigenvalue weighted by Gasteiger charge is -2.18. The number of nitrogens with one attached hydrogen (secondary N) is 2. The standard InChI is InChI=1S/C13H17N5O/c1-13(2,3)9-6-8(7-10(14)17-9)11(19)18-12-15-4-5-16-12/h4-7H,1-3H3,(H2,14,17)(H2,15,16,18,19). The molecule has 0 aliphatic heterocycles. The normalized spacial score (nSPS) is 11.3. The molecule has 2 rings (SSSR count). The third-order valence-corrected chi connectivity index (χ3v) is 2.61. The number of nitrogens with two attached hydrogens (primary N) is 1. The van der Waals surface area contributed by atoms with E-state index in [1.807, 2.05) is 20.8 Å². The van der Waals surface area contributed by atoms with Crippen molar-refractivity contribution in [3.63, 3.8) is 0 Å². The van der Waals surface area contributed by atoms with E-state index in [9.17, 15) is 4.79 Å². The summed E-state index contributed by atoms with van der Waals surface area (Å²) in [5, 5.41) is 2.66. The molecule has 0 unspecified atom stereocenters. The molecule has 19 heavy (non-hydrogen) atoms. The van der Waals surface area contributed by atoms with E-state index in [1.54, 1.807) is 24.5 Å². The van der Waals surface area contributed by atoms with Crippen LogP contribution in [0.1, 0.15) is 36.8 Å². The molecule has 0 fully saturated rings. The van der Waals surface area contributed by atoms with Crippen molar-refractivity contribution < 1.29 is 4.79 Å². The summed E-state index contributed by atoms with van der Waals surface area (Å²) in [5.41, 5.74) is 6.82. The van der Waals surface area contributed by atoms with Gasteiger partial charge in [-0.05, 0) is 12.1 Å². The van der Waals surface area contributed by atoms with Crippen molar-refractivity contribution in [1.82, 2.24) is 15.0 Å². The number of H-pyrrole nitrogens is 1. The van der Waals surface area contributed by atoms with Crippen LogP contribution in [0.2, 0.25) is 0 Å². The lowest BCUT2D eigenvalue weighted by Crippen LogP contribution is -2.18. The fraction of sp³-hybridized carbons (Fsp3) is 0.308. The average Bonchev–Trinajstić information content (AvgIpc) is 2.79. The van der Waals surface area contributed by atoms with Crippen LogP contribution in [0.5, 0.6) is 0 Å². The second-order valence-corrected chi connectivity index (χ2v) is 5.31. The topological polar surface area (TPSA) is 96.7 Å². The molecule has 0 radical (unpaired) electrons. The number of carbonyl (C=O) groups is 1. The number of imidazole rings is 1. The van der Waals surface area contributed by atoms with E-state index in [-0.39, 0.29) is 11.3 Å². The Kier molecular flexibility index (Phi) is 3.25. The van der Waals surface area contributed by atoms with Crippen LogP contribution in [0, 0.1) is 0 Å². The molecule has 0 aliphatic carbocycles. The summed E-state index contributed by atoms with van der Waals surface area (Å²) in [6.45, 7) is 6.05. The second kappa shape index (κ2) is 4.72. The number of carbonyl (C=O) groups excluding carboxylic acids is 1. The van der Waals surface area contributed by atoms with Gasteiger partial charge in [-0.3, -0.25) is 10.1 Å². The van der Waals surface area contributed by atoms with E-state index >= 15 is 0 Å². The van der Waals surface area contributed by atoms with E-state index in [1.165, 1.54) is 0 Å². The van der Waals surface area contributed by atoms with Crippen molar-refractivity contribution in [2.45, 2.75) is 26.2 Å². The number of pyridine rings is 1. The monoisotopic (exact) mass is 259 g/mol. The van der Waals surface area contributed by atoms with Gasteiger partial charge in [0.2, 0.25) is 5.95 Å². The Morgan fingerprint density at radius 2 is 2.11 bits per heavy atom. The van der Waals surface area contributed by atoms with Crippen LogP contribution < -0.4 is 11.1 Å². The Hall–Kier alpha value is -2.37. The number of amides is 1. The van der Waals surface area contributed by atoms with E-state index in [4.69, 9.17) is 5.73 Å². The van der Waals surface area contributed by atoms with Gasteiger partial charge in [0.1, 0.15) is 5.82 Å². The highest BCUT2D eigenvalue weighted by Crippen LogP contribution is 2.22. The Bertz CT molecular complexity index is 584. The molecule has 2 aromatic heterocycles. The molecule has 0 saturated heterocycles. The Balaban J connectivity index is 2.29. The van der Waals surface area contributed by atoms with Crippen LogP contribution in [-0.4, -0.2) is 20.9 Å². The first kappa shape index (κ1) is 13.1. The maximum atomic E-state index is 12.1. The van der Waals surface area contributed by atoms with E-state index in [0.717, 1.165) is 5.69 Å². The molecule has 2 aromatic rings. The minimum absolute atomic E-state index is 0.172. The van der Waals surface area contributed by atoms with Crippen molar-refractivity contribution in [2.24, 2.45) is 0 Å². The number of rotatable bonds is 2. The molecular formula is C13H17N5O. The molecule has 100 valence electrons. The Morgan fingerprint density at radius 3 is 2.68 bits per heavy atom. The Morgan fingerprint density at radius 1 is 1.37 bits per heavy atom. The lowest BCUT2D eigenvalue weighted by atomic mass is 9.90. The molecule has 0 saturated carbocycles. The van der Waals surface area contributed by atoms with Crippen molar-refractivity contribution >= 4 is 17.7 Å². The maximum absolute atomic E-state index is 12.1. The summed E-state index contributed by atoms with van der Waals surface area (Å²) in [6, 6.07) is 3.29. The fourth-order valence-corrected chi connectivity index (χ4v) is 1.58. The predicted molar refractivity (Wildman–Crippen MR) is 73.9 cm³/mol. The number of hydrogen-bond acceptors (Lipinski definition) is 4. The lowest BCUT2D eigenvalue weighted by molar-refractivity contribution is 0.102. The highest BCUT2D eigenvalue weighted by molar-refractivity contribution is 6.03. The smallest absolute Gasteiger partial charge is 0.258 e. The van der Waals surface area contributed by atoms with Crippen LogP contribution in [0.15, 0.2) is 24.5 Å². The summed E-state index contributed by atoms with van der Waals surface area (Å²) in [4.78, 5) is 23.1. The molecule has 4 N–H and O–H groups in total. The molecule has 0 aromatic carbocycles. The van der Waals surface area contributed by atoms with Gasteiger partial charge >= 0.3 is 0 Å². The third kappa shape index (κ3) is 3.09. The number of hydrogen-bond donors (Lipinski definition) is 3. The van der Waals surface area contributed by atoms with Crippen LogP contribution in [0.3, 0.4) is 0 Å². The van der Waals surface area contributed by atoms with Gasteiger partial charge in [-0.15, -0.1) is 0 Å². The average molecular weight is 259 g/mol. The van der Waals surface area contributed by atoms with Gasteiger partial charge in [-0.25, -0.2) is 9.97 Å². The van der Waals surface area contributed by atoms with Crippen molar-refractivity contribution in [1.29, 1.82) is 0 Å². The van der Waals surface area contributed by atoms with Gasteiger partial charge in [0, 0.05) is 29.1 Å². The molecule has 0 atom stereocenters. The van der Waals surface area contributed by atoms with Crippen molar-refractivity contribution in [3.8, 4) is 0 Å². The van der Waals surface area contributed by atoms with Crippen molar-refractivity contribution in [2.75, 3.05) is 11.1 Å². The van der Waals surface area contributed by atoms with Gasteiger partial charge in [0.05, 0.1) is 0 Å². The third-order valence-electron chi connectivity index (χ3n) is 2.61. The zero-order valence-electron chi connectivity index (χ0n) is 11.2. The van der Waals surface area contributed by atoms with Crippen LogP contribution in [0.4, 0.5) is 11.8 Å². The molecule has 6 nitrogen and oxygen atoms in total. The molecule has 0 bridgehead atoms. The van der Waals surface area contributed by atoms with Crippen LogP contribution in [0.25, 0.3) is 0 Å². The summed E-state index contributed by atoms with van der Waals surface area (Å²) in [5.74, 6) is 0.462. The molecule has 0 spiro atoms. The number of aromatic amines is 1. The molecular weight excluding hydrogens is 242 g/mol. The Labute approximate surface area is 111 Å². The first-order valence-corrected chi connectivity index (χ1v) is 5.95. The highest BCUT2D eigenvalue weighted by Gasteiger charge is 2.19. The number of nitrogen functional groups attached to an aromatic ring is 1. The van der Waals surface area contributed by atoms with Crippen LogP contribution >= 0.6 is 0 Å². The zero-order valence-corrected chi connectivity index (χ0v) is 11.2. The first-order chi connectivity index (χ1) is 8.86. The van der Waals surface area contributed by atoms with Gasteiger partial charge in [-0.2, -0.15) is 0 Å². The predicted octanol–water partition coefficient (Wildman–Crippen LogP) is 1.94. The SMILES string of the molecule is CC(C)(C)c1cc(C(=O)Nc2ncc[nH]2)cc(N)n1. The minimum atomic E-state index is -0.269. The number of nitrogens with zero attached hydrogens (tertiary/aromatic N) is 2. The van der Waals surface area contributed by atoms with Gasteiger partial charge < -0.3 is 10.7 Å². The maximum Gasteiger partial charge on any atom is 0.258 e. The first-order valence-electron chi connectivity index (χ1n) is 5.95. The van der Waals surface area contributed by atoms with Crippen molar-refractivity contribution in [3.05, 3.63) is 35.8 Å². The van der Waals surface area contributed by atoms with Gasteiger partial charge in [-0.1, -0.05) is 20.8 Å². The highest BCUT2D eigenvalue weighted by atomic mass is 16.1. The van der Waals surface area contributed by atoms with E-state index in [2.05, 4.69) is 20.3 Å². The number of aromatic nitrogens is 3. The molecule has 6 heteroatoms. The minimum Gasteiger partial charge on any atom is -0.384 e. The quantitative estimate of drug-likeness (QED) is 0.767. The molecule has 0 aliphatic rings. The second-order valence-electron chi connectivity index (χ2n) is 5.31. The largest absolute Gasteiger partial charge is 0.384 e. The van der Waals surface area contributed by atoms with Gasteiger partial charge in [0.25, 0.3) is 5.91 Å². The summed E-state index contributed by atoms with van der Waals surface area (Å²) >= 11 is 0. The fourth-order valence-electron chi connectivity index (χ4n) is 1.58. The summed E-state index contributed by atoms with van der Waals surface area (Å²) in [6.07, 6.45) is 3.20. The van der Waals surface area contributed by atoms with Gasteiger partial charge in [0.15, 0.2) is 0 Å².